The molecule has 0 aliphatic carbocycles. The molecule has 6 heteroatoms. The van der Waals surface area contributed by atoms with E-state index in [1.807, 2.05) is 13.8 Å². The van der Waals surface area contributed by atoms with Gasteiger partial charge in [0.05, 0.1) is 6.20 Å². The highest BCUT2D eigenvalue weighted by Gasteiger charge is 2.13. The van der Waals surface area contributed by atoms with Gasteiger partial charge >= 0.3 is 0 Å². The number of nitrogens with two attached hydrogens (primary N) is 1. The molecule has 5 nitrogen and oxygen atoms in total. The predicted molar refractivity (Wildman–Crippen MR) is 54.3 cm³/mol. The van der Waals surface area contributed by atoms with E-state index in [0.29, 0.717) is 10.7 Å². The van der Waals surface area contributed by atoms with E-state index in [0.717, 1.165) is 5.82 Å². The molecule has 2 rings (SSSR count). The van der Waals surface area contributed by atoms with E-state index in [-0.39, 0.29) is 11.9 Å². The third-order valence-electron chi connectivity index (χ3n) is 1.91. The Bertz CT molecular complexity index is 476. The summed E-state index contributed by atoms with van der Waals surface area (Å²) in [7, 11) is 0. The number of hydrogen-bond acceptors (Lipinski definition) is 4. The first kappa shape index (κ1) is 9.21. The topological polar surface area (TPSA) is 69.1 Å². The lowest BCUT2D eigenvalue weighted by Gasteiger charge is -2.02. The molecule has 0 aromatic carbocycles. The molecule has 0 saturated carbocycles. The third-order valence-corrected chi connectivity index (χ3v) is 2.19. The van der Waals surface area contributed by atoms with Gasteiger partial charge in [-0.1, -0.05) is 25.4 Å². The quantitative estimate of drug-likeness (QED) is 0.776. The molecule has 2 aromatic heterocycles. The Morgan fingerprint density at radius 2 is 2.21 bits per heavy atom. The molecule has 0 spiro atoms. The Kier molecular flexibility index (Phi) is 2.03. The number of halogens is 1. The molecular formula is C8H10ClN5. The highest BCUT2D eigenvalue weighted by Crippen LogP contribution is 2.21. The monoisotopic (exact) mass is 211 g/mol. The lowest BCUT2D eigenvalue weighted by atomic mass is 10.2. The van der Waals surface area contributed by atoms with Gasteiger partial charge in [-0.3, -0.25) is 0 Å². The zero-order valence-corrected chi connectivity index (χ0v) is 8.65. The van der Waals surface area contributed by atoms with Crippen molar-refractivity contribution in [2.75, 3.05) is 5.73 Å². The van der Waals surface area contributed by atoms with Crippen LogP contribution in [0.1, 0.15) is 25.6 Å². The maximum atomic E-state index is 5.92. The van der Waals surface area contributed by atoms with Crippen molar-refractivity contribution in [3.8, 4) is 0 Å². The van der Waals surface area contributed by atoms with Crippen LogP contribution in [-0.2, 0) is 0 Å². The van der Waals surface area contributed by atoms with Gasteiger partial charge in [-0.25, -0.2) is 14.5 Å². The molecule has 0 fully saturated rings. The minimum atomic E-state index is 0.216. The highest BCUT2D eigenvalue weighted by molar-refractivity contribution is 6.32. The van der Waals surface area contributed by atoms with Crippen LogP contribution in [0.3, 0.4) is 0 Å². The Balaban J connectivity index is 2.79. The summed E-state index contributed by atoms with van der Waals surface area (Å²) in [6.45, 7) is 4.03. The number of hydrogen-bond donors (Lipinski definition) is 1. The molecule has 0 radical (unpaired) electrons. The fourth-order valence-corrected chi connectivity index (χ4v) is 1.47. The van der Waals surface area contributed by atoms with Gasteiger partial charge in [0.15, 0.2) is 5.15 Å². The Labute approximate surface area is 85.9 Å². The molecule has 2 N–H and O–H groups in total. The van der Waals surface area contributed by atoms with Crippen LogP contribution in [0.2, 0.25) is 5.15 Å². The predicted octanol–water partition coefficient (Wildman–Crippen LogP) is 1.48. The van der Waals surface area contributed by atoms with Crippen LogP contribution in [-0.4, -0.2) is 19.6 Å². The fourth-order valence-electron chi connectivity index (χ4n) is 1.26. The lowest BCUT2D eigenvalue weighted by molar-refractivity contribution is 0.724. The van der Waals surface area contributed by atoms with E-state index in [1.165, 1.54) is 0 Å². The van der Waals surface area contributed by atoms with E-state index in [4.69, 9.17) is 17.3 Å². The normalized spacial score (nSPS) is 11.4. The maximum absolute atomic E-state index is 5.92. The van der Waals surface area contributed by atoms with Crippen molar-refractivity contribution in [1.82, 2.24) is 19.6 Å². The summed E-state index contributed by atoms with van der Waals surface area (Å²) in [4.78, 5) is 8.06. The zero-order valence-electron chi connectivity index (χ0n) is 7.90. The lowest BCUT2D eigenvalue weighted by Crippen LogP contribution is -2.04. The number of fused-ring (bicyclic) bond motifs is 1. The second-order valence-electron chi connectivity index (χ2n) is 3.33. The van der Waals surface area contributed by atoms with E-state index >= 15 is 0 Å². The summed E-state index contributed by atoms with van der Waals surface area (Å²) in [5.41, 5.74) is 6.17. The summed E-state index contributed by atoms with van der Waals surface area (Å²) < 4.78 is 1.63. The molecule has 0 aliphatic heterocycles. The highest BCUT2D eigenvalue weighted by atomic mass is 35.5. The van der Waals surface area contributed by atoms with Crippen LogP contribution >= 0.6 is 11.6 Å². The van der Waals surface area contributed by atoms with Gasteiger partial charge in [0, 0.05) is 5.92 Å². The van der Waals surface area contributed by atoms with Crippen molar-refractivity contribution >= 4 is 23.1 Å². The average molecular weight is 212 g/mol. The number of imidazole rings is 1. The van der Waals surface area contributed by atoms with Gasteiger partial charge in [-0.05, 0) is 0 Å². The first-order chi connectivity index (χ1) is 6.59. The van der Waals surface area contributed by atoms with Crippen molar-refractivity contribution in [1.29, 1.82) is 0 Å². The van der Waals surface area contributed by atoms with Crippen molar-refractivity contribution in [2.45, 2.75) is 19.8 Å². The van der Waals surface area contributed by atoms with E-state index in [2.05, 4.69) is 15.1 Å². The molecule has 0 atom stereocenters. The number of nitrogen functional groups attached to an aromatic ring is 1. The molecule has 2 heterocycles. The van der Waals surface area contributed by atoms with Crippen LogP contribution in [0.25, 0.3) is 5.52 Å². The van der Waals surface area contributed by atoms with Gasteiger partial charge in [-0.15, -0.1) is 5.10 Å². The minimum Gasteiger partial charge on any atom is -0.367 e. The van der Waals surface area contributed by atoms with E-state index in [1.54, 1.807) is 10.7 Å². The number of aromatic nitrogens is 4. The number of nitrogens with zero attached hydrogens (tertiary/aromatic N) is 4. The maximum Gasteiger partial charge on any atom is 0.238 e. The molecule has 74 valence electrons. The largest absolute Gasteiger partial charge is 0.367 e. The Morgan fingerprint density at radius 3 is 2.86 bits per heavy atom. The van der Waals surface area contributed by atoms with Crippen molar-refractivity contribution in [3.63, 3.8) is 0 Å². The molecule has 14 heavy (non-hydrogen) atoms. The van der Waals surface area contributed by atoms with E-state index in [9.17, 15) is 0 Å². The number of anilines is 1. The van der Waals surface area contributed by atoms with Crippen molar-refractivity contribution in [2.24, 2.45) is 0 Å². The van der Waals surface area contributed by atoms with E-state index < -0.39 is 0 Å². The van der Waals surface area contributed by atoms with Crippen LogP contribution in [0.15, 0.2) is 6.20 Å². The molecule has 0 amide bonds. The van der Waals surface area contributed by atoms with Gasteiger partial charge in [0.2, 0.25) is 5.95 Å². The molecule has 0 aliphatic rings. The smallest absolute Gasteiger partial charge is 0.238 e. The fraction of sp³-hybridized carbons (Fsp3) is 0.375. The van der Waals surface area contributed by atoms with Gasteiger partial charge < -0.3 is 5.73 Å². The summed E-state index contributed by atoms with van der Waals surface area (Å²) in [6.07, 6.45) is 1.57. The van der Waals surface area contributed by atoms with Crippen molar-refractivity contribution < 1.29 is 0 Å². The number of rotatable bonds is 1. The van der Waals surface area contributed by atoms with Gasteiger partial charge in [-0.2, -0.15) is 0 Å². The average Bonchev–Trinajstić information content (AvgIpc) is 2.43. The van der Waals surface area contributed by atoms with Crippen LogP contribution in [0.4, 0.5) is 5.95 Å². The first-order valence-electron chi connectivity index (χ1n) is 4.26. The zero-order chi connectivity index (χ0) is 10.3. The molecular weight excluding hydrogens is 202 g/mol. The Hall–Kier alpha value is -1.36. The second-order valence-corrected chi connectivity index (χ2v) is 3.69. The molecule has 0 bridgehead atoms. The van der Waals surface area contributed by atoms with Gasteiger partial charge in [0.25, 0.3) is 0 Å². The minimum absolute atomic E-state index is 0.216. The SMILES string of the molecule is CC(C)c1nc(Cl)c2cnc(N)nn12. The summed E-state index contributed by atoms with van der Waals surface area (Å²) in [6, 6.07) is 0. The summed E-state index contributed by atoms with van der Waals surface area (Å²) in [5, 5.41) is 4.46. The van der Waals surface area contributed by atoms with Crippen LogP contribution in [0.5, 0.6) is 0 Å². The van der Waals surface area contributed by atoms with Crippen LogP contribution in [0, 0.1) is 0 Å². The summed E-state index contributed by atoms with van der Waals surface area (Å²) in [5.74, 6) is 1.25. The first-order valence-corrected chi connectivity index (χ1v) is 4.64. The third kappa shape index (κ3) is 1.29. The molecule has 0 saturated heterocycles. The Morgan fingerprint density at radius 1 is 1.50 bits per heavy atom. The second kappa shape index (κ2) is 3.09. The molecule has 2 aromatic rings. The van der Waals surface area contributed by atoms with Crippen molar-refractivity contribution in [3.05, 3.63) is 17.2 Å². The standard InChI is InChI=1S/C8H10ClN5/c1-4(2)7-12-6(9)5-3-11-8(10)13-14(5)7/h3-4H,1-2H3,(H2,10,13). The molecule has 0 unspecified atom stereocenters. The van der Waals surface area contributed by atoms with Crippen LogP contribution < -0.4 is 5.73 Å². The van der Waals surface area contributed by atoms with Gasteiger partial charge in [0.1, 0.15) is 11.3 Å². The summed E-state index contributed by atoms with van der Waals surface area (Å²) >= 11 is 5.92.